The first-order chi connectivity index (χ1) is 9.68. The summed E-state index contributed by atoms with van der Waals surface area (Å²) >= 11 is 0. The van der Waals surface area contributed by atoms with Gasteiger partial charge in [-0.3, -0.25) is 4.79 Å². The third-order valence-corrected chi connectivity index (χ3v) is 5.65. The van der Waals surface area contributed by atoms with Gasteiger partial charge in [0.2, 0.25) is 5.91 Å². The summed E-state index contributed by atoms with van der Waals surface area (Å²) in [4.78, 5) is 12.8. The van der Waals surface area contributed by atoms with Gasteiger partial charge in [0.25, 0.3) is 0 Å². The van der Waals surface area contributed by atoms with Crippen LogP contribution in [0.5, 0.6) is 0 Å². The van der Waals surface area contributed by atoms with Gasteiger partial charge in [-0.15, -0.1) is 0 Å². The fourth-order valence-electron chi connectivity index (χ4n) is 4.04. The standard InChI is InChI=1S/C17H32N2O/c1-14(15-9-5-4-6-10-15)19-16(20)17(13-18)11-7-2-3-8-12-17/h14-15H,2-13,18H2,1H3,(H,19,20)/t14-/m1/s1. The molecule has 0 aromatic carbocycles. The van der Waals surface area contributed by atoms with Crippen LogP contribution in [0.2, 0.25) is 0 Å². The van der Waals surface area contributed by atoms with E-state index in [4.69, 9.17) is 5.73 Å². The van der Waals surface area contributed by atoms with Crippen molar-refractivity contribution in [2.45, 2.75) is 83.6 Å². The van der Waals surface area contributed by atoms with Gasteiger partial charge in [0.15, 0.2) is 0 Å². The molecule has 0 radical (unpaired) electrons. The Labute approximate surface area is 124 Å². The first kappa shape index (κ1) is 15.8. The highest BCUT2D eigenvalue weighted by Crippen LogP contribution is 2.35. The highest BCUT2D eigenvalue weighted by Gasteiger charge is 2.38. The zero-order chi connectivity index (χ0) is 14.4. The lowest BCUT2D eigenvalue weighted by Crippen LogP contribution is -2.50. The Balaban J connectivity index is 1.93. The van der Waals surface area contributed by atoms with E-state index < -0.39 is 0 Å². The number of hydrogen-bond donors (Lipinski definition) is 2. The average Bonchev–Trinajstić information content (AvgIpc) is 2.74. The van der Waals surface area contributed by atoms with Crippen LogP contribution in [-0.2, 0) is 4.79 Å². The number of carbonyl (C=O) groups is 1. The predicted molar refractivity (Wildman–Crippen MR) is 83.4 cm³/mol. The van der Waals surface area contributed by atoms with Gasteiger partial charge >= 0.3 is 0 Å². The third kappa shape index (κ3) is 3.75. The lowest BCUT2D eigenvalue weighted by molar-refractivity contribution is -0.132. The maximum atomic E-state index is 12.8. The Kier molecular flexibility index (Phi) is 5.88. The van der Waals surface area contributed by atoms with Gasteiger partial charge in [-0.05, 0) is 38.5 Å². The van der Waals surface area contributed by atoms with E-state index in [-0.39, 0.29) is 11.3 Å². The second-order valence-corrected chi connectivity index (χ2v) is 7.06. The predicted octanol–water partition coefficient (Wildman–Crippen LogP) is 3.37. The molecule has 116 valence electrons. The lowest BCUT2D eigenvalue weighted by Gasteiger charge is -2.34. The molecule has 3 N–H and O–H groups in total. The minimum atomic E-state index is -0.278. The molecule has 0 aromatic heterocycles. The molecule has 2 aliphatic rings. The van der Waals surface area contributed by atoms with Crippen molar-refractivity contribution in [3.63, 3.8) is 0 Å². The monoisotopic (exact) mass is 280 g/mol. The Morgan fingerprint density at radius 1 is 1.10 bits per heavy atom. The van der Waals surface area contributed by atoms with E-state index in [9.17, 15) is 4.79 Å². The van der Waals surface area contributed by atoms with Crippen molar-refractivity contribution in [1.82, 2.24) is 5.32 Å². The Morgan fingerprint density at radius 3 is 2.20 bits per heavy atom. The second kappa shape index (κ2) is 7.44. The summed E-state index contributed by atoms with van der Waals surface area (Å²) in [5.41, 5.74) is 5.72. The fraction of sp³-hybridized carbons (Fsp3) is 0.941. The summed E-state index contributed by atoms with van der Waals surface area (Å²) in [5.74, 6) is 0.910. The van der Waals surface area contributed by atoms with Gasteiger partial charge in [-0.1, -0.05) is 44.9 Å². The molecule has 0 heterocycles. The summed E-state index contributed by atoms with van der Waals surface area (Å²) in [7, 11) is 0. The molecule has 0 spiro atoms. The van der Waals surface area contributed by atoms with Crippen LogP contribution in [0.3, 0.4) is 0 Å². The normalized spacial score (nSPS) is 25.7. The quantitative estimate of drug-likeness (QED) is 0.776. The molecule has 0 aliphatic heterocycles. The highest BCUT2D eigenvalue weighted by molar-refractivity contribution is 5.83. The van der Waals surface area contributed by atoms with Crippen LogP contribution >= 0.6 is 0 Å². The Bertz CT molecular complexity index is 302. The van der Waals surface area contributed by atoms with Crippen molar-refractivity contribution in [3.05, 3.63) is 0 Å². The lowest BCUT2D eigenvalue weighted by atomic mass is 9.78. The van der Waals surface area contributed by atoms with Crippen molar-refractivity contribution in [1.29, 1.82) is 0 Å². The summed E-state index contributed by atoms with van der Waals surface area (Å²) in [6.45, 7) is 2.70. The molecule has 2 aliphatic carbocycles. The van der Waals surface area contributed by atoms with Crippen molar-refractivity contribution < 1.29 is 4.79 Å². The third-order valence-electron chi connectivity index (χ3n) is 5.65. The molecular weight excluding hydrogens is 248 g/mol. The molecular formula is C17H32N2O. The van der Waals surface area contributed by atoms with Crippen molar-refractivity contribution in [3.8, 4) is 0 Å². The van der Waals surface area contributed by atoms with Crippen molar-refractivity contribution in [2.24, 2.45) is 17.1 Å². The summed E-state index contributed by atoms with van der Waals surface area (Å²) < 4.78 is 0. The average molecular weight is 280 g/mol. The highest BCUT2D eigenvalue weighted by atomic mass is 16.2. The maximum Gasteiger partial charge on any atom is 0.227 e. The van der Waals surface area contributed by atoms with Crippen LogP contribution in [0, 0.1) is 11.3 Å². The van der Waals surface area contributed by atoms with E-state index >= 15 is 0 Å². The molecule has 0 unspecified atom stereocenters. The van der Waals surface area contributed by atoms with Crippen LogP contribution in [0.25, 0.3) is 0 Å². The fourth-order valence-corrected chi connectivity index (χ4v) is 4.04. The van der Waals surface area contributed by atoms with Gasteiger partial charge in [0, 0.05) is 12.6 Å². The van der Waals surface area contributed by atoms with Crippen LogP contribution in [0.1, 0.15) is 77.6 Å². The molecule has 2 fully saturated rings. The number of carbonyl (C=O) groups excluding carboxylic acids is 1. The van der Waals surface area contributed by atoms with E-state index in [1.54, 1.807) is 0 Å². The van der Waals surface area contributed by atoms with E-state index in [0.717, 1.165) is 25.7 Å². The second-order valence-electron chi connectivity index (χ2n) is 7.06. The van der Waals surface area contributed by atoms with Crippen LogP contribution in [0.15, 0.2) is 0 Å². The van der Waals surface area contributed by atoms with Crippen LogP contribution in [0.4, 0.5) is 0 Å². The smallest absolute Gasteiger partial charge is 0.227 e. The first-order valence-corrected chi connectivity index (χ1v) is 8.69. The van der Waals surface area contributed by atoms with E-state index in [1.807, 2.05) is 0 Å². The summed E-state index contributed by atoms with van der Waals surface area (Å²) in [5, 5.41) is 3.32. The number of rotatable bonds is 4. The topological polar surface area (TPSA) is 55.1 Å². The zero-order valence-corrected chi connectivity index (χ0v) is 13.1. The maximum absolute atomic E-state index is 12.8. The molecule has 2 rings (SSSR count). The molecule has 3 nitrogen and oxygen atoms in total. The minimum Gasteiger partial charge on any atom is -0.353 e. The van der Waals surface area contributed by atoms with Crippen molar-refractivity contribution >= 4 is 5.91 Å². The molecule has 20 heavy (non-hydrogen) atoms. The number of nitrogens with one attached hydrogen (secondary N) is 1. The summed E-state index contributed by atoms with van der Waals surface area (Å²) in [6, 6.07) is 0.314. The molecule has 0 aromatic rings. The van der Waals surface area contributed by atoms with Gasteiger partial charge in [0.05, 0.1) is 5.41 Å². The largest absolute Gasteiger partial charge is 0.353 e. The van der Waals surface area contributed by atoms with E-state index in [0.29, 0.717) is 18.5 Å². The van der Waals surface area contributed by atoms with E-state index in [2.05, 4.69) is 12.2 Å². The van der Waals surface area contributed by atoms with Crippen molar-refractivity contribution in [2.75, 3.05) is 6.54 Å². The number of hydrogen-bond acceptors (Lipinski definition) is 2. The molecule has 1 atom stereocenters. The molecule has 1 amide bonds. The van der Waals surface area contributed by atoms with Gasteiger partial charge in [-0.2, -0.15) is 0 Å². The first-order valence-electron chi connectivity index (χ1n) is 8.69. The van der Waals surface area contributed by atoms with Gasteiger partial charge in [-0.25, -0.2) is 0 Å². The van der Waals surface area contributed by atoms with Crippen LogP contribution in [-0.4, -0.2) is 18.5 Å². The number of amides is 1. The minimum absolute atomic E-state index is 0.236. The zero-order valence-electron chi connectivity index (χ0n) is 13.1. The molecule has 0 saturated heterocycles. The Morgan fingerprint density at radius 2 is 1.65 bits per heavy atom. The van der Waals surface area contributed by atoms with Gasteiger partial charge < -0.3 is 11.1 Å². The van der Waals surface area contributed by atoms with Gasteiger partial charge in [0.1, 0.15) is 0 Å². The van der Waals surface area contributed by atoms with Crippen LogP contribution < -0.4 is 11.1 Å². The Hall–Kier alpha value is -0.570. The molecule has 2 saturated carbocycles. The SMILES string of the molecule is C[C@@H](NC(=O)C1(CN)CCCCCC1)C1CCCCC1. The number of nitrogens with two attached hydrogens (primary N) is 1. The molecule has 0 bridgehead atoms. The van der Waals surface area contributed by atoms with E-state index in [1.165, 1.54) is 44.9 Å². The summed E-state index contributed by atoms with van der Waals surface area (Å²) in [6.07, 6.45) is 13.3. The molecule has 3 heteroatoms.